The molecule has 0 amide bonds. The first kappa shape index (κ1) is 19.4. The van der Waals surface area contributed by atoms with Crippen molar-refractivity contribution in [3.8, 4) is 28.3 Å². The van der Waals surface area contributed by atoms with Crippen molar-refractivity contribution < 1.29 is 4.74 Å². The summed E-state index contributed by atoms with van der Waals surface area (Å²) in [6.07, 6.45) is 3.52. The Labute approximate surface area is 188 Å². The lowest BCUT2D eigenvalue weighted by molar-refractivity contribution is 0.483. The fourth-order valence-electron chi connectivity index (χ4n) is 3.45. The van der Waals surface area contributed by atoms with Crippen LogP contribution in [0.2, 0.25) is 10.0 Å². The molecule has 0 unspecified atom stereocenters. The summed E-state index contributed by atoms with van der Waals surface area (Å²) in [7, 11) is 0. The number of benzene rings is 3. The van der Waals surface area contributed by atoms with E-state index in [4.69, 9.17) is 33.7 Å². The maximum absolute atomic E-state index is 6.31. The number of nitrogens with two attached hydrogens (primary N) is 1. The molecular weight excluding hydrogens is 431 g/mol. The first-order valence-corrected chi connectivity index (χ1v) is 10.3. The third-order valence-electron chi connectivity index (χ3n) is 4.91. The number of aromatic nitrogens is 3. The van der Waals surface area contributed by atoms with Gasteiger partial charge >= 0.3 is 0 Å². The van der Waals surface area contributed by atoms with Crippen molar-refractivity contribution in [2.45, 2.75) is 0 Å². The van der Waals surface area contributed by atoms with Crippen molar-refractivity contribution in [1.82, 2.24) is 14.8 Å². The maximum Gasteiger partial charge on any atom is 0.154 e. The predicted molar refractivity (Wildman–Crippen MR) is 125 cm³/mol. The Balaban J connectivity index is 1.55. The fourth-order valence-corrected chi connectivity index (χ4v) is 3.74. The number of fused-ring (bicyclic) bond motifs is 1. The van der Waals surface area contributed by atoms with Crippen LogP contribution in [0.3, 0.4) is 0 Å². The fraction of sp³-hybridized carbons (Fsp3) is 0. The van der Waals surface area contributed by atoms with Gasteiger partial charge in [0, 0.05) is 11.8 Å². The van der Waals surface area contributed by atoms with Crippen LogP contribution in [0.4, 0.5) is 5.82 Å². The highest BCUT2D eigenvalue weighted by atomic mass is 35.5. The van der Waals surface area contributed by atoms with Crippen LogP contribution in [0.1, 0.15) is 0 Å². The van der Waals surface area contributed by atoms with E-state index in [1.54, 1.807) is 29.2 Å². The number of rotatable bonds is 4. The van der Waals surface area contributed by atoms with Gasteiger partial charge in [0.1, 0.15) is 11.5 Å². The van der Waals surface area contributed by atoms with Crippen LogP contribution in [-0.2, 0) is 0 Å². The number of pyridine rings is 1. The van der Waals surface area contributed by atoms with Crippen LogP contribution in [-0.4, -0.2) is 14.8 Å². The molecule has 0 saturated carbocycles. The van der Waals surface area contributed by atoms with Crippen molar-refractivity contribution >= 4 is 39.9 Å². The molecule has 3 aromatic carbocycles. The number of para-hydroxylation sites is 1. The molecule has 5 nitrogen and oxygen atoms in total. The lowest BCUT2D eigenvalue weighted by atomic mass is 10.0. The van der Waals surface area contributed by atoms with Gasteiger partial charge in [0.2, 0.25) is 0 Å². The molecule has 0 atom stereocenters. The molecular formula is C24H16Cl2N4O. The molecule has 0 saturated heterocycles. The summed E-state index contributed by atoms with van der Waals surface area (Å²) in [5.74, 6) is 1.93. The molecule has 0 bridgehead atoms. The van der Waals surface area contributed by atoms with Gasteiger partial charge in [-0.2, -0.15) is 0 Å². The molecule has 5 rings (SSSR count). The smallest absolute Gasteiger partial charge is 0.154 e. The zero-order valence-electron chi connectivity index (χ0n) is 16.2. The summed E-state index contributed by atoms with van der Waals surface area (Å²) < 4.78 is 7.60. The SMILES string of the molecule is Nc1nn(-c2ccc(Cl)c(Cl)c2)c2cncc(-c3ccc(Oc4ccccc4)cc3)c12. The van der Waals surface area contributed by atoms with Gasteiger partial charge in [-0.05, 0) is 48.0 Å². The van der Waals surface area contributed by atoms with Crippen LogP contribution < -0.4 is 10.5 Å². The Kier molecular flexibility index (Phi) is 4.98. The number of ether oxygens (including phenoxy) is 1. The van der Waals surface area contributed by atoms with Gasteiger partial charge in [0.05, 0.1) is 32.8 Å². The molecule has 0 aliphatic heterocycles. The predicted octanol–water partition coefficient (Wildman–Crippen LogP) is 6.77. The Morgan fingerprint density at radius 3 is 2.29 bits per heavy atom. The number of hydrogen-bond acceptors (Lipinski definition) is 4. The summed E-state index contributed by atoms with van der Waals surface area (Å²) in [5, 5.41) is 6.26. The molecule has 0 radical (unpaired) electrons. The van der Waals surface area contributed by atoms with E-state index in [0.29, 0.717) is 15.9 Å². The third kappa shape index (κ3) is 3.69. The van der Waals surface area contributed by atoms with Crippen LogP contribution in [0.5, 0.6) is 11.5 Å². The normalized spacial score (nSPS) is 11.0. The lowest BCUT2D eigenvalue weighted by Gasteiger charge is -2.08. The number of halogens is 2. The lowest BCUT2D eigenvalue weighted by Crippen LogP contribution is -1.97. The minimum absolute atomic E-state index is 0.406. The first-order valence-electron chi connectivity index (χ1n) is 9.51. The molecule has 0 spiro atoms. The molecule has 152 valence electrons. The van der Waals surface area contributed by atoms with Gasteiger partial charge in [0.25, 0.3) is 0 Å². The zero-order chi connectivity index (χ0) is 21.4. The molecule has 2 N–H and O–H groups in total. The average molecular weight is 447 g/mol. The Bertz CT molecular complexity index is 1380. The molecule has 5 aromatic rings. The van der Waals surface area contributed by atoms with Gasteiger partial charge in [-0.3, -0.25) is 4.98 Å². The van der Waals surface area contributed by atoms with E-state index in [1.807, 2.05) is 60.7 Å². The van der Waals surface area contributed by atoms with E-state index in [9.17, 15) is 0 Å². The van der Waals surface area contributed by atoms with Crippen LogP contribution >= 0.6 is 23.2 Å². The highest BCUT2D eigenvalue weighted by Crippen LogP contribution is 2.35. The van der Waals surface area contributed by atoms with E-state index < -0.39 is 0 Å². The van der Waals surface area contributed by atoms with E-state index in [1.165, 1.54) is 0 Å². The number of nitrogen functional groups attached to an aromatic ring is 1. The van der Waals surface area contributed by atoms with Gasteiger partial charge in [0.15, 0.2) is 5.82 Å². The van der Waals surface area contributed by atoms with Crippen molar-refractivity contribution in [3.63, 3.8) is 0 Å². The Hall–Kier alpha value is -3.54. The summed E-state index contributed by atoms with van der Waals surface area (Å²) >= 11 is 12.2. The standard InChI is InChI=1S/C24H16Cl2N4O/c25-20-11-8-16(12-21(20)26)30-22-14-28-13-19(23(22)24(27)29-30)15-6-9-18(10-7-15)31-17-4-2-1-3-5-17/h1-14H,(H2,27,29). The van der Waals surface area contributed by atoms with Crippen molar-refractivity contribution in [3.05, 3.63) is 95.2 Å². The topological polar surface area (TPSA) is 66.0 Å². The third-order valence-corrected chi connectivity index (χ3v) is 5.65. The van der Waals surface area contributed by atoms with Crippen molar-refractivity contribution in [2.75, 3.05) is 5.73 Å². The second kappa shape index (κ2) is 7.95. The molecule has 0 aliphatic carbocycles. The minimum atomic E-state index is 0.406. The molecule has 2 heterocycles. The molecule has 0 fully saturated rings. The average Bonchev–Trinajstić information content (AvgIpc) is 3.14. The quantitative estimate of drug-likeness (QED) is 0.330. The van der Waals surface area contributed by atoms with Crippen LogP contribution in [0.15, 0.2) is 85.2 Å². The number of nitrogens with zero attached hydrogens (tertiary/aromatic N) is 3. The summed E-state index contributed by atoms with van der Waals surface area (Å²) in [4.78, 5) is 4.41. The second-order valence-corrected chi connectivity index (χ2v) is 7.73. The van der Waals surface area contributed by atoms with Gasteiger partial charge in [-0.25, -0.2) is 4.68 Å². The highest BCUT2D eigenvalue weighted by molar-refractivity contribution is 6.42. The summed E-state index contributed by atoms with van der Waals surface area (Å²) in [5.41, 5.74) is 9.68. The molecule has 2 aromatic heterocycles. The van der Waals surface area contributed by atoms with Gasteiger partial charge in [-0.1, -0.05) is 53.5 Å². The zero-order valence-corrected chi connectivity index (χ0v) is 17.7. The molecule has 7 heteroatoms. The van der Waals surface area contributed by atoms with Crippen molar-refractivity contribution in [1.29, 1.82) is 0 Å². The number of hydrogen-bond donors (Lipinski definition) is 1. The molecule has 31 heavy (non-hydrogen) atoms. The largest absolute Gasteiger partial charge is 0.457 e. The summed E-state index contributed by atoms with van der Waals surface area (Å²) in [6, 6.07) is 22.7. The van der Waals surface area contributed by atoms with Gasteiger partial charge < -0.3 is 10.5 Å². The highest BCUT2D eigenvalue weighted by Gasteiger charge is 2.16. The maximum atomic E-state index is 6.31. The Morgan fingerprint density at radius 1 is 0.806 bits per heavy atom. The van der Waals surface area contributed by atoms with E-state index in [0.717, 1.165) is 39.2 Å². The van der Waals surface area contributed by atoms with Crippen LogP contribution in [0, 0.1) is 0 Å². The van der Waals surface area contributed by atoms with Crippen LogP contribution in [0.25, 0.3) is 27.7 Å². The van der Waals surface area contributed by atoms with E-state index in [-0.39, 0.29) is 0 Å². The number of anilines is 1. The Morgan fingerprint density at radius 2 is 1.55 bits per heavy atom. The van der Waals surface area contributed by atoms with Crippen molar-refractivity contribution in [2.24, 2.45) is 0 Å². The van der Waals surface area contributed by atoms with Gasteiger partial charge in [-0.15, -0.1) is 5.10 Å². The second-order valence-electron chi connectivity index (χ2n) is 6.92. The minimum Gasteiger partial charge on any atom is -0.457 e. The van der Waals surface area contributed by atoms with E-state index in [2.05, 4.69) is 10.1 Å². The monoisotopic (exact) mass is 446 g/mol. The first-order chi connectivity index (χ1) is 15.1. The summed E-state index contributed by atoms with van der Waals surface area (Å²) in [6.45, 7) is 0. The molecule has 0 aliphatic rings. The van der Waals surface area contributed by atoms with E-state index >= 15 is 0 Å².